The molecule has 3 aromatic rings. The summed E-state index contributed by atoms with van der Waals surface area (Å²) in [7, 11) is 0. The van der Waals surface area contributed by atoms with Crippen LogP contribution >= 0.6 is 34.7 Å². The summed E-state index contributed by atoms with van der Waals surface area (Å²) in [5.74, 6) is 1.07. The van der Waals surface area contributed by atoms with E-state index in [1.165, 1.54) is 27.5 Å². The Morgan fingerprint density at radius 3 is 2.82 bits per heavy atom. The van der Waals surface area contributed by atoms with Gasteiger partial charge in [0.2, 0.25) is 5.91 Å². The Bertz CT molecular complexity index is 1040. The molecule has 28 heavy (non-hydrogen) atoms. The van der Waals surface area contributed by atoms with E-state index in [-0.39, 0.29) is 11.5 Å². The summed E-state index contributed by atoms with van der Waals surface area (Å²) in [6, 6.07) is 9.34. The Morgan fingerprint density at radius 1 is 1.21 bits per heavy atom. The lowest BCUT2D eigenvalue weighted by molar-refractivity contribution is -0.128. The van der Waals surface area contributed by atoms with Gasteiger partial charge in [-0.3, -0.25) is 14.0 Å². The Hall–Kier alpha value is -2.03. The molecule has 3 heterocycles. The number of amides is 1. The topological polar surface area (TPSA) is 57.9 Å². The van der Waals surface area contributed by atoms with E-state index < -0.39 is 0 Å². The summed E-state index contributed by atoms with van der Waals surface area (Å²) in [5, 5.41) is 2.56. The predicted molar refractivity (Wildman–Crippen MR) is 116 cm³/mol. The van der Waals surface area contributed by atoms with Crippen LogP contribution in [0.3, 0.4) is 0 Å². The number of nitrogens with zero attached hydrogens (tertiary/aromatic N) is 4. The molecule has 9 heteroatoms. The smallest absolute Gasteiger partial charge is 0.258 e. The average molecular weight is 435 g/mol. The molecule has 1 amide bonds. The molecular formula is C19H19ClN4O2S2. The molecule has 0 bridgehead atoms. The summed E-state index contributed by atoms with van der Waals surface area (Å²) >= 11 is 9.00. The average Bonchev–Trinajstić information content (AvgIpc) is 3.17. The lowest BCUT2D eigenvalue weighted by atomic mass is 10.2. The second-order valence-electron chi connectivity index (χ2n) is 6.48. The molecule has 146 valence electrons. The molecule has 0 atom stereocenters. The van der Waals surface area contributed by atoms with Crippen LogP contribution in [0.15, 0.2) is 46.7 Å². The number of carbonyl (C=O) groups is 1. The molecule has 1 aromatic carbocycles. The lowest BCUT2D eigenvalue weighted by Gasteiger charge is -2.36. The zero-order valence-electron chi connectivity index (χ0n) is 15.1. The highest BCUT2D eigenvalue weighted by molar-refractivity contribution is 7.99. The van der Waals surface area contributed by atoms with Crippen molar-refractivity contribution in [1.82, 2.24) is 14.3 Å². The largest absolute Gasteiger partial charge is 0.368 e. The monoisotopic (exact) mass is 434 g/mol. The number of thiazole rings is 1. The van der Waals surface area contributed by atoms with Crippen molar-refractivity contribution in [3.8, 4) is 0 Å². The number of anilines is 1. The summed E-state index contributed by atoms with van der Waals surface area (Å²) in [6.07, 6.45) is 1.72. The third-order valence-electron chi connectivity index (χ3n) is 4.64. The molecule has 0 aliphatic carbocycles. The van der Waals surface area contributed by atoms with Gasteiger partial charge in [-0.2, -0.15) is 0 Å². The first-order valence-corrected chi connectivity index (χ1v) is 11.3. The summed E-state index contributed by atoms with van der Waals surface area (Å²) in [5.41, 5.74) is 1.73. The van der Waals surface area contributed by atoms with Crippen molar-refractivity contribution in [2.75, 3.05) is 36.8 Å². The number of benzene rings is 1. The van der Waals surface area contributed by atoms with Crippen molar-refractivity contribution in [2.45, 2.75) is 5.75 Å². The first kappa shape index (κ1) is 19.3. The number of hydrogen-bond acceptors (Lipinski definition) is 6. The zero-order chi connectivity index (χ0) is 19.5. The number of fused-ring (bicyclic) bond motifs is 1. The maximum Gasteiger partial charge on any atom is 0.258 e. The van der Waals surface area contributed by atoms with E-state index in [1.807, 2.05) is 34.5 Å². The van der Waals surface area contributed by atoms with Gasteiger partial charge in [-0.05, 0) is 18.2 Å². The van der Waals surface area contributed by atoms with Crippen molar-refractivity contribution in [1.29, 1.82) is 0 Å². The number of halogens is 1. The van der Waals surface area contributed by atoms with Gasteiger partial charge in [-0.25, -0.2) is 4.98 Å². The van der Waals surface area contributed by atoms with Crippen molar-refractivity contribution in [3.63, 3.8) is 0 Å². The van der Waals surface area contributed by atoms with Gasteiger partial charge in [0.1, 0.15) is 0 Å². The fourth-order valence-electron chi connectivity index (χ4n) is 3.18. The van der Waals surface area contributed by atoms with E-state index in [9.17, 15) is 9.59 Å². The minimum atomic E-state index is -0.0784. The Labute approximate surface area is 175 Å². The van der Waals surface area contributed by atoms with Crippen molar-refractivity contribution < 1.29 is 4.79 Å². The fourth-order valence-corrected chi connectivity index (χ4v) is 4.92. The first-order chi connectivity index (χ1) is 13.6. The van der Waals surface area contributed by atoms with Crippen LogP contribution in [-0.4, -0.2) is 52.1 Å². The lowest BCUT2D eigenvalue weighted by Crippen LogP contribution is -2.49. The molecule has 2 aromatic heterocycles. The highest BCUT2D eigenvalue weighted by atomic mass is 35.5. The van der Waals surface area contributed by atoms with Crippen molar-refractivity contribution >= 4 is 51.3 Å². The maximum atomic E-state index is 12.5. The third-order valence-corrected chi connectivity index (χ3v) is 6.58. The molecule has 1 aliphatic rings. The van der Waals surface area contributed by atoms with E-state index in [1.54, 1.807) is 12.3 Å². The number of piperazine rings is 1. The van der Waals surface area contributed by atoms with Crippen LogP contribution < -0.4 is 10.5 Å². The van der Waals surface area contributed by atoms with Crippen LogP contribution in [0.5, 0.6) is 0 Å². The van der Waals surface area contributed by atoms with Gasteiger partial charge in [0.05, 0.1) is 11.4 Å². The van der Waals surface area contributed by atoms with Crippen LogP contribution in [-0.2, 0) is 10.5 Å². The van der Waals surface area contributed by atoms with Crippen LogP contribution in [0.2, 0.25) is 5.02 Å². The number of aromatic nitrogens is 2. The van der Waals surface area contributed by atoms with Gasteiger partial charge in [0.15, 0.2) is 4.96 Å². The number of hydrogen-bond donors (Lipinski definition) is 0. The number of carbonyl (C=O) groups excluding carboxylic acids is 1. The molecule has 0 N–H and O–H groups in total. The highest BCUT2D eigenvalue weighted by Gasteiger charge is 2.21. The maximum absolute atomic E-state index is 12.5. The van der Waals surface area contributed by atoms with Crippen LogP contribution in [0.25, 0.3) is 4.96 Å². The second kappa shape index (κ2) is 8.55. The summed E-state index contributed by atoms with van der Waals surface area (Å²) in [6.45, 7) is 2.99. The molecular weight excluding hydrogens is 416 g/mol. The quantitative estimate of drug-likeness (QED) is 0.617. The van der Waals surface area contributed by atoms with Gasteiger partial charge >= 0.3 is 0 Å². The summed E-state index contributed by atoms with van der Waals surface area (Å²) < 4.78 is 1.53. The molecule has 0 radical (unpaired) electrons. The van der Waals surface area contributed by atoms with Gasteiger partial charge in [-0.15, -0.1) is 23.1 Å². The van der Waals surface area contributed by atoms with Crippen LogP contribution in [0.4, 0.5) is 5.69 Å². The van der Waals surface area contributed by atoms with E-state index in [2.05, 4.69) is 9.88 Å². The minimum Gasteiger partial charge on any atom is -0.368 e. The summed E-state index contributed by atoms with van der Waals surface area (Å²) in [4.78, 5) is 33.8. The van der Waals surface area contributed by atoms with Gasteiger partial charge < -0.3 is 9.80 Å². The van der Waals surface area contributed by atoms with Crippen LogP contribution in [0, 0.1) is 0 Å². The highest BCUT2D eigenvalue weighted by Crippen LogP contribution is 2.21. The van der Waals surface area contributed by atoms with Gasteiger partial charge in [0, 0.05) is 60.3 Å². The number of rotatable bonds is 5. The molecule has 0 unspecified atom stereocenters. The molecule has 4 rings (SSSR count). The third kappa shape index (κ3) is 4.34. The molecule has 1 fully saturated rings. The minimum absolute atomic E-state index is 0.0784. The van der Waals surface area contributed by atoms with Gasteiger partial charge in [0.25, 0.3) is 5.56 Å². The van der Waals surface area contributed by atoms with E-state index in [0.29, 0.717) is 29.6 Å². The van der Waals surface area contributed by atoms with Crippen molar-refractivity contribution in [3.05, 3.63) is 63.0 Å². The molecule has 6 nitrogen and oxygen atoms in total. The number of thioether (sulfide) groups is 1. The molecule has 0 saturated carbocycles. The molecule has 1 saturated heterocycles. The Kier molecular flexibility index (Phi) is 5.89. The normalized spacial score (nSPS) is 14.6. The van der Waals surface area contributed by atoms with E-state index in [4.69, 9.17) is 11.6 Å². The van der Waals surface area contributed by atoms with Crippen LogP contribution in [0.1, 0.15) is 5.69 Å². The van der Waals surface area contributed by atoms with E-state index in [0.717, 1.165) is 29.5 Å². The van der Waals surface area contributed by atoms with Crippen molar-refractivity contribution in [2.24, 2.45) is 0 Å². The first-order valence-electron chi connectivity index (χ1n) is 8.92. The Balaban J connectivity index is 1.27. The Morgan fingerprint density at radius 2 is 2.04 bits per heavy atom. The van der Waals surface area contributed by atoms with E-state index >= 15 is 0 Å². The van der Waals surface area contributed by atoms with Gasteiger partial charge in [-0.1, -0.05) is 17.7 Å². The molecule has 0 spiro atoms. The molecule has 1 aliphatic heterocycles. The predicted octanol–water partition coefficient (Wildman–Crippen LogP) is 2.99. The fraction of sp³-hybridized carbons (Fsp3) is 0.316. The SMILES string of the molecule is O=C(CSCc1cc(=O)n2ccsc2n1)N1CCN(c2cccc(Cl)c2)CC1. The second-order valence-corrected chi connectivity index (χ2v) is 8.78. The standard InChI is InChI=1S/C19H19ClN4O2S2/c20-14-2-1-3-16(10-14)22-4-6-23(7-5-22)18(26)13-27-12-15-11-17(25)24-8-9-28-19(24)21-15/h1-3,8-11H,4-7,12-13H2. The zero-order valence-corrected chi connectivity index (χ0v) is 17.5.